The van der Waals surface area contributed by atoms with Crippen molar-refractivity contribution in [3.63, 3.8) is 0 Å². The molecule has 2 aromatic rings. The summed E-state index contributed by atoms with van der Waals surface area (Å²) in [6.45, 7) is 6.13. The average molecular weight is 453 g/mol. The minimum absolute atomic E-state index is 0.00890. The van der Waals surface area contributed by atoms with Gasteiger partial charge in [-0.1, -0.05) is 36.9 Å². The first-order valence-electron chi connectivity index (χ1n) is 10.4. The monoisotopic (exact) mass is 452 g/mol. The molecule has 0 radical (unpaired) electrons. The molecule has 4 amide bonds. The van der Waals surface area contributed by atoms with Gasteiger partial charge in [-0.25, -0.2) is 4.79 Å². The lowest BCUT2D eigenvalue weighted by Crippen LogP contribution is -2.50. The van der Waals surface area contributed by atoms with E-state index in [1.807, 2.05) is 24.3 Å². The molecule has 9 heteroatoms. The van der Waals surface area contributed by atoms with Crippen LogP contribution in [0, 0.1) is 0 Å². The number of amides is 4. The number of likely N-dealkylation sites (N-methyl/N-ethyl adjacent to an activating group) is 1. The number of hydrogen-bond acceptors (Lipinski definition) is 6. The number of nitrogens with one attached hydrogen (secondary N) is 2. The van der Waals surface area contributed by atoms with Crippen molar-refractivity contribution in [2.24, 2.45) is 0 Å². The lowest BCUT2D eigenvalue weighted by Gasteiger charge is -2.23. The highest BCUT2D eigenvalue weighted by Gasteiger charge is 2.50. The Hall–Kier alpha value is -3.85. The fraction of sp³-hybridized carbons (Fsp3) is 0.292. The second kappa shape index (κ2) is 10.2. The van der Waals surface area contributed by atoms with Gasteiger partial charge in [0.25, 0.3) is 11.8 Å². The summed E-state index contributed by atoms with van der Waals surface area (Å²) in [6, 6.07) is 13.6. The molecule has 2 aromatic carbocycles. The van der Waals surface area contributed by atoms with Crippen LogP contribution in [0.5, 0.6) is 11.5 Å². The molecule has 1 heterocycles. The number of hydrazine groups is 1. The molecule has 1 aliphatic heterocycles. The molecule has 0 aliphatic carbocycles. The van der Waals surface area contributed by atoms with Crippen molar-refractivity contribution in [2.75, 3.05) is 27.3 Å². The summed E-state index contributed by atoms with van der Waals surface area (Å²) in [5.74, 6) is 0.318. The van der Waals surface area contributed by atoms with Gasteiger partial charge < -0.3 is 14.8 Å². The maximum Gasteiger partial charge on any atom is 0.344 e. The first-order valence-corrected chi connectivity index (χ1v) is 10.4. The van der Waals surface area contributed by atoms with Gasteiger partial charge in [-0.15, -0.1) is 0 Å². The fourth-order valence-electron chi connectivity index (χ4n) is 3.48. The van der Waals surface area contributed by atoms with Crippen LogP contribution in [0.3, 0.4) is 0 Å². The number of rotatable bonds is 10. The van der Waals surface area contributed by atoms with Crippen molar-refractivity contribution in [1.82, 2.24) is 20.7 Å². The minimum atomic E-state index is -1.29. The Bertz CT molecular complexity index is 1020. The van der Waals surface area contributed by atoms with Gasteiger partial charge in [-0.05, 0) is 49.4 Å². The zero-order chi connectivity index (χ0) is 24.0. The molecule has 9 nitrogen and oxygen atoms in total. The molecule has 1 unspecified atom stereocenters. The van der Waals surface area contributed by atoms with E-state index in [9.17, 15) is 14.4 Å². The molecular formula is C24H28N4O5. The minimum Gasteiger partial charge on any atom is -0.497 e. The van der Waals surface area contributed by atoms with Crippen molar-refractivity contribution in [3.05, 3.63) is 72.3 Å². The second-order valence-corrected chi connectivity index (χ2v) is 7.88. The number of carbonyl (C=O) groups is 3. The first-order chi connectivity index (χ1) is 15.8. The third-order valence-electron chi connectivity index (χ3n) is 5.25. The molecule has 1 fully saturated rings. The van der Waals surface area contributed by atoms with Crippen LogP contribution in [0.4, 0.5) is 4.79 Å². The van der Waals surface area contributed by atoms with Gasteiger partial charge in [0.15, 0.2) is 0 Å². The van der Waals surface area contributed by atoms with Crippen LogP contribution in [-0.2, 0) is 21.7 Å². The van der Waals surface area contributed by atoms with Crippen LogP contribution in [0.2, 0.25) is 0 Å². The number of hydrogen-bond donors (Lipinski definition) is 2. The van der Waals surface area contributed by atoms with Gasteiger partial charge >= 0.3 is 6.03 Å². The predicted octanol–water partition coefficient (Wildman–Crippen LogP) is 2.19. The zero-order valence-electron chi connectivity index (χ0n) is 19.0. The number of methoxy groups -OCH3 is 1. The molecule has 0 aromatic heterocycles. The Balaban J connectivity index is 1.57. The van der Waals surface area contributed by atoms with Crippen molar-refractivity contribution >= 4 is 17.8 Å². The number of ether oxygens (including phenoxy) is 2. The van der Waals surface area contributed by atoms with Crippen LogP contribution in [-0.4, -0.2) is 55.1 Å². The Morgan fingerprint density at radius 3 is 2.39 bits per heavy atom. The molecular weight excluding hydrogens is 424 g/mol. The molecule has 1 aliphatic rings. The Morgan fingerprint density at radius 1 is 1.15 bits per heavy atom. The van der Waals surface area contributed by atoms with Crippen molar-refractivity contribution < 1.29 is 23.9 Å². The maximum absolute atomic E-state index is 13.0. The van der Waals surface area contributed by atoms with Crippen LogP contribution in [0.25, 0.3) is 0 Å². The largest absolute Gasteiger partial charge is 0.497 e. The SMILES string of the molecule is C=CCOc1ccc(CN(C)CC(=O)NN2C(=O)NC(C)(c3ccc(OC)cc3)C2=O)cc1. The molecule has 1 saturated heterocycles. The summed E-state index contributed by atoms with van der Waals surface area (Å²) in [6.07, 6.45) is 1.67. The quantitative estimate of drug-likeness (QED) is 0.424. The van der Waals surface area contributed by atoms with Crippen LogP contribution in [0.1, 0.15) is 18.1 Å². The van der Waals surface area contributed by atoms with Crippen molar-refractivity contribution in [3.8, 4) is 11.5 Å². The third-order valence-corrected chi connectivity index (χ3v) is 5.25. The zero-order valence-corrected chi connectivity index (χ0v) is 19.0. The molecule has 2 N–H and O–H groups in total. The first kappa shape index (κ1) is 23.8. The highest BCUT2D eigenvalue weighted by molar-refractivity contribution is 6.08. The van der Waals surface area contributed by atoms with E-state index in [2.05, 4.69) is 17.3 Å². The summed E-state index contributed by atoms with van der Waals surface area (Å²) < 4.78 is 10.6. The number of imide groups is 1. The van der Waals surface area contributed by atoms with E-state index >= 15 is 0 Å². The summed E-state index contributed by atoms with van der Waals surface area (Å²) >= 11 is 0. The Morgan fingerprint density at radius 2 is 1.79 bits per heavy atom. The predicted molar refractivity (Wildman–Crippen MR) is 122 cm³/mol. The van der Waals surface area contributed by atoms with Gasteiger partial charge in [0.1, 0.15) is 23.6 Å². The molecule has 33 heavy (non-hydrogen) atoms. The molecule has 174 valence electrons. The maximum atomic E-state index is 13.0. The van der Waals surface area contributed by atoms with Gasteiger partial charge in [-0.3, -0.25) is 19.9 Å². The summed E-state index contributed by atoms with van der Waals surface area (Å²) in [7, 11) is 3.32. The van der Waals surface area contributed by atoms with E-state index in [-0.39, 0.29) is 6.54 Å². The molecule has 0 spiro atoms. The van der Waals surface area contributed by atoms with E-state index in [1.165, 1.54) is 0 Å². The molecule has 0 bridgehead atoms. The van der Waals surface area contributed by atoms with Crippen molar-refractivity contribution in [2.45, 2.75) is 19.0 Å². The highest BCUT2D eigenvalue weighted by atomic mass is 16.5. The van der Waals surface area contributed by atoms with E-state index in [0.717, 1.165) is 16.3 Å². The Kier molecular flexibility index (Phi) is 7.34. The fourth-order valence-corrected chi connectivity index (χ4v) is 3.48. The summed E-state index contributed by atoms with van der Waals surface area (Å²) in [5.41, 5.74) is 2.68. The third kappa shape index (κ3) is 5.50. The van der Waals surface area contributed by atoms with Gasteiger partial charge in [0.05, 0.1) is 13.7 Å². The van der Waals surface area contributed by atoms with Gasteiger partial charge in [0.2, 0.25) is 0 Å². The summed E-state index contributed by atoms with van der Waals surface area (Å²) in [5, 5.41) is 3.38. The van der Waals surface area contributed by atoms with Crippen LogP contribution < -0.4 is 20.2 Å². The van der Waals surface area contributed by atoms with Gasteiger partial charge in [-0.2, -0.15) is 5.01 Å². The second-order valence-electron chi connectivity index (χ2n) is 7.88. The molecule has 0 saturated carbocycles. The number of urea groups is 1. The van der Waals surface area contributed by atoms with Gasteiger partial charge in [0, 0.05) is 6.54 Å². The van der Waals surface area contributed by atoms with Crippen LogP contribution in [0.15, 0.2) is 61.2 Å². The number of carbonyl (C=O) groups excluding carboxylic acids is 3. The van der Waals surface area contributed by atoms with Crippen molar-refractivity contribution in [1.29, 1.82) is 0 Å². The number of nitrogens with zero attached hydrogens (tertiary/aromatic N) is 2. The lowest BCUT2D eigenvalue weighted by molar-refractivity contribution is -0.139. The topological polar surface area (TPSA) is 100 Å². The lowest BCUT2D eigenvalue weighted by atomic mass is 9.92. The standard InChI is InChI=1S/C24H28N4O5/c1-5-14-33-20-10-6-17(7-11-20)15-27(3)16-21(29)26-28-22(30)24(2,25-23(28)31)18-8-12-19(32-4)13-9-18/h5-13H,1,14-16H2,2-4H3,(H,25,31)(H,26,29). The Labute approximate surface area is 192 Å². The number of benzene rings is 2. The average Bonchev–Trinajstić information content (AvgIpc) is 3.02. The summed E-state index contributed by atoms with van der Waals surface area (Å²) in [4.78, 5) is 39.7. The van der Waals surface area contributed by atoms with E-state index < -0.39 is 23.4 Å². The molecule has 1 atom stereocenters. The normalized spacial score (nSPS) is 17.6. The highest BCUT2D eigenvalue weighted by Crippen LogP contribution is 2.29. The molecule has 3 rings (SSSR count). The van der Waals surface area contributed by atoms with Crippen LogP contribution >= 0.6 is 0 Å². The smallest absolute Gasteiger partial charge is 0.344 e. The van der Waals surface area contributed by atoms with E-state index in [1.54, 1.807) is 56.3 Å². The van der Waals surface area contributed by atoms with E-state index in [4.69, 9.17) is 9.47 Å². The van der Waals surface area contributed by atoms with E-state index in [0.29, 0.717) is 24.5 Å².